The molecule has 0 aliphatic rings. The first-order valence-corrected chi connectivity index (χ1v) is 6.49. The molecule has 0 aromatic carbocycles. The third-order valence-electron chi connectivity index (χ3n) is 1.48. The Hall–Kier alpha value is 0.280. The molecule has 0 amide bonds. The van der Waals surface area contributed by atoms with Gasteiger partial charge < -0.3 is 0 Å². The molecule has 0 aromatic heterocycles. The molecule has 0 heterocycles. The van der Waals surface area contributed by atoms with Crippen molar-refractivity contribution >= 4 is 10.4 Å². The van der Waals surface area contributed by atoms with Crippen molar-refractivity contribution in [1.29, 1.82) is 0 Å². The zero-order chi connectivity index (χ0) is 8.04. The Morgan fingerprint density at radius 2 is 1.70 bits per heavy atom. The maximum absolute atomic E-state index is 12.9. The quantitative estimate of drug-likeness (QED) is 0.548. The smallest absolute Gasteiger partial charge is 0.00304 e. The first-order valence-electron chi connectivity index (χ1n) is 3.97. The second kappa shape index (κ2) is 5.00. The van der Waals surface area contributed by atoms with Crippen molar-refractivity contribution < 1.29 is 3.89 Å². The van der Waals surface area contributed by atoms with E-state index in [0.29, 0.717) is 0 Å². The Morgan fingerprint density at radius 3 is 2.10 bits per heavy atom. The molecule has 0 unspecified atom stereocenters. The van der Waals surface area contributed by atoms with Crippen molar-refractivity contribution in [3.63, 3.8) is 0 Å². The average molecular weight is 166 g/mol. The molecule has 0 aliphatic heterocycles. The van der Waals surface area contributed by atoms with Crippen molar-refractivity contribution in [3.8, 4) is 0 Å². The van der Waals surface area contributed by atoms with Gasteiger partial charge in [-0.25, -0.2) is 0 Å². The van der Waals surface area contributed by atoms with E-state index in [2.05, 4.69) is 6.92 Å². The summed E-state index contributed by atoms with van der Waals surface area (Å²) in [6, 6.07) is 0. The highest BCUT2D eigenvalue weighted by Crippen LogP contribution is 2.41. The lowest BCUT2D eigenvalue weighted by Crippen LogP contribution is -1.93. The fourth-order valence-electron chi connectivity index (χ4n) is 0.872. The monoisotopic (exact) mass is 166 g/mol. The van der Waals surface area contributed by atoms with Gasteiger partial charge in [-0.15, -0.1) is 0 Å². The first-order chi connectivity index (χ1) is 4.56. The van der Waals surface area contributed by atoms with Crippen molar-refractivity contribution in [2.24, 2.45) is 0 Å². The molecule has 2 heteroatoms. The second-order valence-electron chi connectivity index (χ2n) is 3.17. The van der Waals surface area contributed by atoms with E-state index in [0.717, 1.165) is 12.2 Å². The van der Waals surface area contributed by atoms with Crippen molar-refractivity contribution in [2.75, 3.05) is 18.3 Å². The normalized spacial score (nSPS) is 13.6. The average Bonchev–Trinajstić information content (AvgIpc) is 1.78. The van der Waals surface area contributed by atoms with Crippen LogP contribution in [-0.4, -0.2) is 18.3 Å². The molecule has 10 heavy (non-hydrogen) atoms. The van der Waals surface area contributed by atoms with E-state index in [4.69, 9.17) is 0 Å². The lowest BCUT2D eigenvalue weighted by Gasteiger charge is -2.18. The molecule has 0 spiro atoms. The summed E-state index contributed by atoms with van der Waals surface area (Å²) in [4.78, 5) is 0. The van der Waals surface area contributed by atoms with Crippen molar-refractivity contribution in [2.45, 2.75) is 32.6 Å². The summed E-state index contributed by atoms with van der Waals surface area (Å²) in [5, 5.41) is 0. The maximum Gasteiger partial charge on any atom is 0.00304 e. The predicted octanol–water partition coefficient (Wildman–Crippen LogP) is 3.52. The Morgan fingerprint density at radius 1 is 1.10 bits per heavy atom. The molecule has 0 atom stereocenters. The Bertz CT molecular complexity index is 75.8. The maximum atomic E-state index is 12.9. The zero-order valence-electron chi connectivity index (χ0n) is 7.32. The molecule has 0 saturated heterocycles. The molecule has 0 fully saturated rings. The van der Waals surface area contributed by atoms with Gasteiger partial charge in [-0.05, 0) is 18.9 Å². The predicted molar refractivity (Wildman–Crippen MR) is 49.6 cm³/mol. The van der Waals surface area contributed by atoms with Crippen LogP contribution >= 0.6 is 10.4 Å². The van der Waals surface area contributed by atoms with Gasteiger partial charge in [0, 0.05) is 5.75 Å². The minimum Gasteiger partial charge on any atom is -0.190 e. The Kier molecular flexibility index (Phi) is 5.14. The minimum atomic E-state index is -1.70. The van der Waals surface area contributed by atoms with Gasteiger partial charge in [-0.1, -0.05) is 36.6 Å². The summed E-state index contributed by atoms with van der Waals surface area (Å²) in [5.74, 6) is 0.799. The fraction of sp³-hybridized carbons (Fsp3) is 1.00. The van der Waals surface area contributed by atoms with E-state index in [1.165, 1.54) is 19.3 Å². The van der Waals surface area contributed by atoms with Crippen LogP contribution in [0.2, 0.25) is 0 Å². The molecule has 0 N–H and O–H groups in total. The van der Waals surface area contributed by atoms with Gasteiger partial charge in [0.25, 0.3) is 0 Å². The Balaban J connectivity index is 3.04. The minimum absolute atomic E-state index is 0.799. The summed E-state index contributed by atoms with van der Waals surface area (Å²) < 4.78 is 12.9. The highest BCUT2D eigenvalue weighted by atomic mass is 32.3. The van der Waals surface area contributed by atoms with Crippen LogP contribution < -0.4 is 0 Å². The summed E-state index contributed by atoms with van der Waals surface area (Å²) >= 11 is 0. The molecule has 0 bridgehead atoms. The molecule has 0 nitrogen and oxygen atoms in total. The van der Waals surface area contributed by atoms with Gasteiger partial charge in [0.1, 0.15) is 0 Å². The van der Waals surface area contributed by atoms with Crippen LogP contribution in [0.25, 0.3) is 0 Å². The molecule has 0 aromatic rings. The van der Waals surface area contributed by atoms with Crippen LogP contribution in [-0.2, 0) is 0 Å². The molecular weight excluding hydrogens is 147 g/mol. The van der Waals surface area contributed by atoms with Gasteiger partial charge in [0.15, 0.2) is 0 Å². The topological polar surface area (TPSA) is 0 Å². The lowest BCUT2D eigenvalue weighted by molar-refractivity contribution is 0.700. The third kappa shape index (κ3) is 8.28. The van der Waals surface area contributed by atoms with Crippen molar-refractivity contribution in [3.05, 3.63) is 0 Å². The van der Waals surface area contributed by atoms with Gasteiger partial charge in [0.05, 0.1) is 0 Å². The molecular formula is C8H19FS. The van der Waals surface area contributed by atoms with Crippen LogP contribution in [0.4, 0.5) is 3.89 Å². The van der Waals surface area contributed by atoms with Gasteiger partial charge in [-0.3, -0.25) is 0 Å². The standard InChI is InChI=1S/C8H19FS/c1-4-5-6-7-8-10(2,3)9/h4-8H2,1-3H3. The summed E-state index contributed by atoms with van der Waals surface area (Å²) in [6.07, 6.45) is 8.25. The van der Waals surface area contributed by atoms with Crippen LogP contribution in [0, 0.1) is 0 Å². The van der Waals surface area contributed by atoms with Crippen LogP contribution in [0.1, 0.15) is 32.6 Å². The fourth-order valence-corrected chi connectivity index (χ4v) is 1.76. The molecule has 0 rings (SSSR count). The van der Waals surface area contributed by atoms with E-state index in [1.54, 1.807) is 12.5 Å². The van der Waals surface area contributed by atoms with E-state index in [-0.39, 0.29) is 0 Å². The SMILES string of the molecule is CCCCCCS(C)(C)F. The number of hydrogen-bond donors (Lipinski definition) is 0. The number of unbranched alkanes of at least 4 members (excludes halogenated alkanes) is 3. The highest BCUT2D eigenvalue weighted by Gasteiger charge is 2.06. The van der Waals surface area contributed by atoms with Crippen molar-refractivity contribution in [1.82, 2.24) is 0 Å². The second-order valence-corrected chi connectivity index (χ2v) is 6.38. The summed E-state index contributed by atoms with van der Waals surface area (Å²) in [6.45, 7) is 2.17. The number of halogens is 1. The van der Waals surface area contributed by atoms with Gasteiger partial charge in [-0.2, -0.15) is 3.89 Å². The van der Waals surface area contributed by atoms with Gasteiger partial charge >= 0.3 is 0 Å². The molecule has 64 valence electrons. The van der Waals surface area contributed by atoms with E-state index in [1.807, 2.05) is 0 Å². The van der Waals surface area contributed by atoms with Gasteiger partial charge in [0.2, 0.25) is 0 Å². The van der Waals surface area contributed by atoms with Crippen LogP contribution in [0.15, 0.2) is 0 Å². The number of hydrogen-bond acceptors (Lipinski definition) is 0. The van der Waals surface area contributed by atoms with Crippen LogP contribution in [0.5, 0.6) is 0 Å². The number of rotatable bonds is 5. The lowest BCUT2D eigenvalue weighted by atomic mass is 10.2. The zero-order valence-corrected chi connectivity index (χ0v) is 8.14. The first kappa shape index (κ1) is 10.3. The van der Waals surface area contributed by atoms with E-state index in [9.17, 15) is 3.89 Å². The molecule has 0 saturated carbocycles. The largest absolute Gasteiger partial charge is 0.190 e. The molecule has 0 radical (unpaired) electrons. The van der Waals surface area contributed by atoms with E-state index >= 15 is 0 Å². The van der Waals surface area contributed by atoms with Crippen LogP contribution in [0.3, 0.4) is 0 Å². The Labute approximate surface area is 65.8 Å². The summed E-state index contributed by atoms with van der Waals surface area (Å²) in [7, 11) is -1.70. The molecule has 0 aliphatic carbocycles. The third-order valence-corrected chi connectivity index (χ3v) is 2.74. The summed E-state index contributed by atoms with van der Waals surface area (Å²) in [5.41, 5.74) is 0. The van der Waals surface area contributed by atoms with E-state index < -0.39 is 10.4 Å². The highest BCUT2D eigenvalue weighted by molar-refractivity contribution is 8.28.